The summed E-state index contributed by atoms with van der Waals surface area (Å²) in [5, 5.41) is 8.92. The first-order valence-electron chi connectivity index (χ1n) is 6.89. The monoisotopic (exact) mass is 238 g/mol. The lowest BCUT2D eigenvalue weighted by molar-refractivity contribution is 0.162. The van der Waals surface area contributed by atoms with Crippen LogP contribution >= 0.6 is 0 Å². The van der Waals surface area contributed by atoms with Gasteiger partial charge in [0.25, 0.3) is 0 Å². The Bertz CT molecular complexity index is 251. The third-order valence-electron chi connectivity index (χ3n) is 4.33. The maximum absolute atomic E-state index is 8.92. The summed E-state index contributed by atoms with van der Waals surface area (Å²) in [5.74, 6) is 1.79. The molecule has 3 heteroatoms. The average molecular weight is 238 g/mol. The Morgan fingerprint density at radius 2 is 1.88 bits per heavy atom. The van der Waals surface area contributed by atoms with E-state index in [2.05, 4.69) is 35.9 Å². The standard InChI is InChI=1S/C14H26N2O/c1-12(9-15(2)7-8-17)16-10-13-5-3-4-6-14(13)11-16/h3-4,12-14,17H,5-11H2,1-2H3/t12?,13-,14+. The van der Waals surface area contributed by atoms with Gasteiger partial charge in [-0.25, -0.2) is 0 Å². The summed E-state index contributed by atoms with van der Waals surface area (Å²) in [7, 11) is 2.09. The van der Waals surface area contributed by atoms with Gasteiger partial charge >= 0.3 is 0 Å². The Morgan fingerprint density at radius 1 is 1.29 bits per heavy atom. The van der Waals surface area contributed by atoms with Crippen LogP contribution in [-0.2, 0) is 0 Å². The van der Waals surface area contributed by atoms with E-state index in [0.29, 0.717) is 6.04 Å². The zero-order valence-corrected chi connectivity index (χ0v) is 11.2. The molecule has 1 unspecified atom stereocenters. The van der Waals surface area contributed by atoms with Gasteiger partial charge in [-0.05, 0) is 38.6 Å². The molecule has 0 aromatic heterocycles. The van der Waals surface area contributed by atoms with Gasteiger partial charge in [-0.3, -0.25) is 4.90 Å². The molecule has 0 radical (unpaired) electrons. The summed E-state index contributed by atoms with van der Waals surface area (Å²) in [6.45, 7) is 6.96. The van der Waals surface area contributed by atoms with Crippen molar-refractivity contribution in [1.29, 1.82) is 0 Å². The summed E-state index contributed by atoms with van der Waals surface area (Å²) in [5.41, 5.74) is 0. The number of fused-ring (bicyclic) bond motifs is 1. The largest absolute Gasteiger partial charge is 0.395 e. The first kappa shape index (κ1) is 13.1. The van der Waals surface area contributed by atoms with Crippen molar-refractivity contribution in [1.82, 2.24) is 9.80 Å². The number of aliphatic hydroxyl groups excluding tert-OH is 1. The molecule has 1 aliphatic heterocycles. The van der Waals surface area contributed by atoms with E-state index in [-0.39, 0.29) is 6.61 Å². The van der Waals surface area contributed by atoms with Gasteiger partial charge < -0.3 is 10.0 Å². The Balaban J connectivity index is 1.79. The predicted molar refractivity (Wildman–Crippen MR) is 71.0 cm³/mol. The number of hydrogen-bond donors (Lipinski definition) is 1. The highest BCUT2D eigenvalue weighted by Crippen LogP contribution is 2.33. The molecule has 3 atom stereocenters. The summed E-state index contributed by atoms with van der Waals surface area (Å²) in [6.07, 6.45) is 7.27. The molecule has 98 valence electrons. The normalized spacial score (nSPS) is 30.8. The summed E-state index contributed by atoms with van der Waals surface area (Å²) >= 11 is 0. The molecule has 1 fully saturated rings. The van der Waals surface area contributed by atoms with Crippen LogP contribution in [0.2, 0.25) is 0 Å². The summed E-state index contributed by atoms with van der Waals surface area (Å²) in [4.78, 5) is 4.86. The molecule has 1 heterocycles. The molecule has 2 rings (SSSR count). The van der Waals surface area contributed by atoms with E-state index in [1.807, 2.05) is 0 Å². The number of likely N-dealkylation sites (tertiary alicyclic amines) is 1. The number of nitrogens with zero attached hydrogens (tertiary/aromatic N) is 2. The Labute approximate surface area is 105 Å². The van der Waals surface area contributed by atoms with Gasteiger partial charge in [0, 0.05) is 32.2 Å². The molecule has 0 amide bonds. The lowest BCUT2D eigenvalue weighted by atomic mass is 9.86. The van der Waals surface area contributed by atoms with Gasteiger partial charge in [-0.1, -0.05) is 12.2 Å². The summed E-state index contributed by atoms with van der Waals surface area (Å²) in [6, 6.07) is 0.608. The van der Waals surface area contributed by atoms with Crippen LogP contribution in [0.1, 0.15) is 19.8 Å². The molecule has 0 saturated carbocycles. The predicted octanol–water partition coefficient (Wildman–Crippen LogP) is 1.20. The second kappa shape index (κ2) is 5.98. The van der Waals surface area contributed by atoms with Crippen LogP contribution in [0.15, 0.2) is 12.2 Å². The highest BCUT2D eigenvalue weighted by molar-refractivity contribution is 5.00. The molecule has 3 nitrogen and oxygen atoms in total. The minimum Gasteiger partial charge on any atom is -0.395 e. The lowest BCUT2D eigenvalue weighted by Crippen LogP contribution is -2.40. The number of likely N-dealkylation sites (N-methyl/N-ethyl adjacent to an activating group) is 1. The van der Waals surface area contributed by atoms with Crippen molar-refractivity contribution in [3.05, 3.63) is 12.2 Å². The maximum Gasteiger partial charge on any atom is 0.0558 e. The van der Waals surface area contributed by atoms with Gasteiger partial charge in [-0.2, -0.15) is 0 Å². The van der Waals surface area contributed by atoms with Gasteiger partial charge in [0.05, 0.1) is 6.61 Å². The average Bonchev–Trinajstić information content (AvgIpc) is 2.72. The molecule has 1 aliphatic carbocycles. The molecule has 0 aromatic carbocycles. The minimum absolute atomic E-state index is 0.262. The quantitative estimate of drug-likeness (QED) is 0.729. The van der Waals surface area contributed by atoms with Crippen molar-refractivity contribution in [3.63, 3.8) is 0 Å². The third-order valence-corrected chi connectivity index (χ3v) is 4.33. The maximum atomic E-state index is 8.92. The van der Waals surface area contributed by atoms with Crippen molar-refractivity contribution < 1.29 is 5.11 Å². The fourth-order valence-corrected chi connectivity index (χ4v) is 3.24. The van der Waals surface area contributed by atoms with Crippen molar-refractivity contribution in [2.24, 2.45) is 11.8 Å². The van der Waals surface area contributed by atoms with Crippen molar-refractivity contribution in [2.75, 3.05) is 39.8 Å². The zero-order valence-electron chi connectivity index (χ0n) is 11.2. The number of hydrogen-bond acceptors (Lipinski definition) is 3. The molecular weight excluding hydrogens is 212 g/mol. The molecule has 0 bridgehead atoms. The molecule has 2 aliphatic rings. The van der Waals surface area contributed by atoms with E-state index in [1.54, 1.807) is 0 Å². The molecule has 0 aromatic rings. The molecular formula is C14H26N2O. The molecule has 1 N–H and O–H groups in total. The van der Waals surface area contributed by atoms with E-state index in [0.717, 1.165) is 24.9 Å². The second-order valence-corrected chi connectivity index (χ2v) is 5.75. The SMILES string of the molecule is CC(CN(C)CCO)N1C[C@H]2CC=CC[C@H]2C1. The Hall–Kier alpha value is -0.380. The zero-order chi connectivity index (χ0) is 12.3. The number of aliphatic hydroxyl groups is 1. The minimum atomic E-state index is 0.262. The Morgan fingerprint density at radius 3 is 2.41 bits per heavy atom. The van der Waals surface area contributed by atoms with Crippen molar-refractivity contribution >= 4 is 0 Å². The van der Waals surface area contributed by atoms with Crippen LogP contribution in [0, 0.1) is 11.8 Å². The van der Waals surface area contributed by atoms with E-state index in [4.69, 9.17) is 5.11 Å². The highest BCUT2D eigenvalue weighted by atomic mass is 16.3. The second-order valence-electron chi connectivity index (χ2n) is 5.75. The third kappa shape index (κ3) is 3.30. The lowest BCUT2D eigenvalue weighted by Gasteiger charge is -2.28. The smallest absolute Gasteiger partial charge is 0.0558 e. The number of rotatable bonds is 5. The van der Waals surface area contributed by atoms with E-state index >= 15 is 0 Å². The van der Waals surface area contributed by atoms with Gasteiger partial charge in [0.15, 0.2) is 0 Å². The fraction of sp³-hybridized carbons (Fsp3) is 0.857. The van der Waals surface area contributed by atoms with E-state index in [1.165, 1.54) is 25.9 Å². The van der Waals surface area contributed by atoms with Gasteiger partial charge in [0.2, 0.25) is 0 Å². The highest BCUT2D eigenvalue weighted by Gasteiger charge is 2.34. The van der Waals surface area contributed by atoms with E-state index < -0.39 is 0 Å². The number of allylic oxidation sites excluding steroid dienone is 2. The summed E-state index contributed by atoms with van der Waals surface area (Å²) < 4.78 is 0. The van der Waals surface area contributed by atoms with Crippen LogP contribution in [0.5, 0.6) is 0 Å². The topological polar surface area (TPSA) is 26.7 Å². The van der Waals surface area contributed by atoms with Crippen LogP contribution in [-0.4, -0.2) is 60.8 Å². The Kier molecular flexibility index (Phi) is 4.60. The van der Waals surface area contributed by atoms with E-state index in [9.17, 15) is 0 Å². The molecule has 17 heavy (non-hydrogen) atoms. The first-order valence-corrected chi connectivity index (χ1v) is 6.89. The van der Waals surface area contributed by atoms with Crippen LogP contribution in [0.25, 0.3) is 0 Å². The van der Waals surface area contributed by atoms with Crippen molar-refractivity contribution in [3.8, 4) is 0 Å². The molecule has 0 spiro atoms. The van der Waals surface area contributed by atoms with Crippen LogP contribution < -0.4 is 0 Å². The molecule has 1 saturated heterocycles. The fourth-order valence-electron chi connectivity index (χ4n) is 3.24. The van der Waals surface area contributed by atoms with Crippen molar-refractivity contribution in [2.45, 2.75) is 25.8 Å². The van der Waals surface area contributed by atoms with Gasteiger partial charge in [-0.15, -0.1) is 0 Å². The van der Waals surface area contributed by atoms with Crippen LogP contribution in [0.3, 0.4) is 0 Å². The van der Waals surface area contributed by atoms with Gasteiger partial charge in [0.1, 0.15) is 0 Å². The van der Waals surface area contributed by atoms with Crippen LogP contribution in [0.4, 0.5) is 0 Å². The first-order chi connectivity index (χ1) is 8.20.